The molecule has 0 fully saturated rings. The third kappa shape index (κ3) is 4.26. The normalized spacial score (nSPS) is 14.7. The minimum absolute atomic E-state index is 0.0316. The number of unbranched alkanes of at least 4 members (excludes halogenated alkanes) is 1. The van der Waals surface area contributed by atoms with E-state index >= 15 is 0 Å². The predicted molar refractivity (Wildman–Crippen MR) is 146 cm³/mol. The minimum Gasteiger partial charge on any atom is -0.493 e. The molecule has 4 aromatic rings. The topological polar surface area (TPSA) is 98.9 Å². The fourth-order valence-electron chi connectivity index (χ4n) is 4.71. The van der Waals surface area contributed by atoms with Crippen molar-refractivity contribution in [2.45, 2.75) is 46.6 Å². The number of ketones is 1. The number of carbonyl (C=O) groups is 2. The maximum Gasteiger partial charge on any atom is 0.297 e. The van der Waals surface area contributed by atoms with Gasteiger partial charge in [-0.05, 0) is 50.1 Å². The maximum atomic E-state index is 13.9. The number of benzene rings is 2. The van der Waals surface area contributed by atoms with Gasteiger partial charge in [0.15, 0.2) is 27.8 Å². The number of thiazole rings is 1. The monoisotopic (exact) mass is 532 g/mol. The van der Waals surface area contributed by atoms with E-state index in [1.165, 1.54) is 11.8 Å². The van der Waals surface area contributed by atoms with Gasteiger partial charge in [0.05, 0.1) is 41.3 Å². The van der Waals surface area contributed by atoms with Gasteiger partial charge in [-0.25, -0.2) is 4.98 Å². The van der Waals surface area contributed by atoms with Crippen molar-refractivity contribution in [2.24, 2.45) is 0 Å². The molecule has 38 heavy (non-hydrogen) atoms. The number of amides is 1. The van der Waals surface area contributed by atoms with Gasteiger partial charge in [-0.1, -0.05) is 42.4 Å². The summed E-state index contributed by atoms with van der Waals surface area (Å²) >= 11 is 1.12. The maximum absolute atomic E-state index is 13.9. The molecule has 0 aliphatic carbocycles. The van der Waals surface area contributed by atoms with Crippen molar-refractivity contribution in [1.82, 2.24) is 4.98 Å². The first-order valence-corrected chi connectivity index (χ1v) is 13.3. The van der Waals surface area contributed by atoms with Crippen LogP contribution in [0.4, 0.5) is 5.13 Å². The molecule has 196 valence electrons. The largest absolute Gasteiger partial charge is 0.493 e. The highest BCUT2D eigenvalue weighted by molar-refractivity contribution is 7.17. The first kappa shape index (κ1) is 25.7. The van der Waals surface area contributed by atoms with Crippen molar-refractivity contribution >= 4 is 39.1 Å². The average Bonchev–Trinajstić information content (AvgIpc) is 3.42. The molecule has 5 rings (SSSR count). The zero-order chi connectivity index (χ0) is 27.1. The first-order valence-electron chi connectivity index (χ1n) is 12.4. The van der Waals surface area contributed by atoms with Crippen LogP contribution in [0.25, 0.3) is 11.0 Å². The smallest absolute Gasteiger partial charge is 0.297 e. The fraction of sp³-hybridized carbons (Fsp3) is 0.310. The Kier molecular flexibility index (Phi) is 6.79. The van der Waals surface area contributed by atoms with E-state index in [2.05, 4.69) is 11.9 Å². The van der Waals surface area contributed by atoms with Gasteiger partial charge in [-0.3, -0.25) is 19.3 Å². The van der Waals surface area contributed by atoms with E-state index in [9.17, 15) is 14.4 Å². The molecule has 9 heteroatoms. The highest BCUT2D eigenvalue weighted by atomic mass is 32.1. The molecule has 0 spiro atoms. The lowest BCUT2D eigenvalue weighted by Crippen LogP contribution is -2.29. The van der Waals surface area contributed by atoms with Gasteiger partial charge in [0.2, 0.25) is 5.76 Å². The summed E-state index contributed by atoms with van der Waals surface area (Å²) < 4.78 is 17.6. The van der Waals surface area contributed by atoms with E-state index < -0.39 is 11.9 Å². The van der Waals surface area contributed by atoms with E-state index in [1.807, 2.05) is 19.1 Å². The van der Waals surface area contributed by atoms with Crippen LogP contribution >= 0.6 is 11.3 Å². The summed E-state index contributed by atoms with van der Waals surface area (Å²) in [6.07, 6.45) is 1.90. The van der Waals surface area contributed by atoms with Crippen LogP contribution in [0, 0.1) is 13.8 Å². The number of ether oxygens (including phenoxy) is 2. The van der Waals surface area contributed by atoms with Crippen LogP contribution in [0.2, 0.25) is 0 Å². The molecule has 0 radical (unpaired) electrons. The Morgan fingerprint density at radius 3 is 2.61 bits per heavy atom. The molecule has 0 bridgehead atoms. The van der Waals surface area contributed by atoms with Crippen molar-refractivity contribution in [3.63, 3.8) is 0 Å². The number of nitrogens with zero attached hydrogens (tertiary/aromatic N) is 2. The van der Waals surface area contributed by atoms with Crippen LogP contribution in [-0.4, -0.2) is 30.4 Å². The molecule has 0 saturated heterocycles. The number of Topliss-reactive ketones (excluding diaryl/α,β-unsaturated/α-hetero) is 1. The lowest BCUT2D eigenvalue weighted by Gasteiger charge is -2.23. The third-order valence-corrected chi connectivity index (χ3v) is 7.85. The van der Waals surface area contributed by atoms with Gasteiger partial charge in [-0.15, -0.1) is 0 Å². The van der Waals surface area contributed by atoms with Gasteiger partial charge in [0, 0.05) is 6.92 Å². The second-order valence-electron chi connectivity index (χ2n) is 9.33. The first-order chi connectivity index (χ1) is 18.2. The molecular formula is C29H28N2O6S. The molecule has 1 amide bonds. The number of hydrogen-bond acceptors (Lipinski definition) is 8. The van der Waals surface area contributed by atoms with Crippen molar-refractivity contribution in [3.05, 3.63) is 79.6 Å². The zero-order valence-corrected chi connectivity index (χ0v) is 22.7. The molecule has 1 atom stereocenters. The Labute approximate surface area is 223 Å². The summed E-state index contributed by atoms with van der Waals surface area (Å²) in [6, 6.07) is 9.83. The summed E-state index contributed by atoms with van der Waals surface area (Å²) in [7, 11) is 1.55. The molecule has 1 aliphatic heterocycles. The molecular weight excluding hydrogens is 504 g/mol. The average molecular weight is 533 g/mol. The van der Waals surface area contributed by atoms with Crippen molar-refractivity contribution in [2.75, 3.05) is 18.6 Å². The highest BCUT2D eigenvalue weighted by Crippen LogP contribution is 2.44. The quantitative estimate of drug-likeness (QED) is 0.203. The Morgan fingerprint density at radius 2 is 1.92 bits per heavy atom. The van der Waals surface area contributed by atoms with E-state index in [4.69, 9.17) is 13.9 Å². The SMILES string of the molecule is CCCCOc1ccc(C2c3c(oc4ccc(C)cc4c3=O)C(=O)N2c2nc(C)c(C(C)=O)s2)cc1OC. The molecule has 0 saturated carbocycles. The van der Waals surface area contributed by atoms with Crippen LogP contribution in [0.1, 0.15) is 75.3 Å². The Hall–Kier alpha value is -3.98. The van der Waals surface area contributed by atoms with E-state index in [1.54, 1.807) is 38.3 Å². The van der Waals surface area contributed by atoms with Gasteiger partial charge in [0.1, 0.15) is 5.58 Å². The molecule has 1 unspecified atom stereocenters. The summed E-state index contributed by atoms with van der Waals surface area (Å²) in [6.45, 7) is 7.71. The molecule has 0 N–H and O–H groups in total. The lowest BCUT2D eigenvalue weighted by molar-refractivity contribution is 0.0969. The summed E-state index contributed by atoms with van der Waals surface area (Å²) in [4.78, 5) is 46.4. The highest BCUT2D eigenvalue weighted by Gasteiger charge is 2.45. The number of anilines is 1. The zero-order valence-electron chi connectivity index (χ0n) is 21.9. The Bertz CT molecular complexity index is 1640. The van der Waals surface area contributed by atoms with E-state index in [-0.39, 0.29) is 22.5 Å². The van der Waals surface area contributed by atoms with Crippen molar-refractivity contribution < 1.29 is 23.5 Å². The number of methoxy groups -OCH3 is 1. The minimum atomic E-state index is -0.831. The van der Waals surface area contributed by atoms with Crippen molar-refractivity contribution in [3.8, 4) is 11.5 Å². The van der Waals surface area contributed by atoms with Crippen LogP contribution in [0.15, 0.2) is 45.6 Å². The number of rotatable bonds is 8. The van der Waals surface area contributed by atoms with Crippen LogP contribution in [0.3, 0.4) is 0 Å². The second kappa shape index (κ2) is 10.1. The second-order valence-corrected chi connectivity index (χ2v) is 10.3. The molecule has 3 heterocycles. The van der Waals surface area contributed by atoms with Gasteiger partial charge in [0.25, 0.3) is 5.91 Å². The summed E-state index contributed by atoms with van der Waals surface area (Å²) in [5.74, 6) is 0.398. The number of aryl methyl sites for hydroxylation is 2. The number of hydrogen-bond donors (Lipinski definition) is 0. The fourth-order valence-corrected chi connectivity index (χ4v) is 5.70. The van der Waals surface area contributed by atoms with Gasteiger partial charge >= 0.3 is 0 Å². The molecule has 8 nitrogen and oxygen atoms in total. The third-order valence-electron chi connectivity index (χ3n) is 6.60. The Morgan fingerprint density at radius 1 is 1.13 bits per heavy atom. The standard InChI is InChI=1S/C29H28N2O6S/c1-6-7-12-36-21-11-9-18(14-22(21)35-5)24-23-25(33)19-13-15(2)8-10-20(19)37-26(23)28(34)31(24)29-30-16(3)27(38-29)17(4)32/h8-11,13-14,24H,6-7,12H2,1-5H3. The molecule has 1 aliphatic rings. The lowest BCUT2D eigenvalue weighted by atomic mass is 9.98. The van der Waals surface area contributed by atoms with E-state index in [0.29, 0.717) is 50.3 Å². The number of carbonyl (C=O) groups excluding carboxylic acids is 2. The van der Waals surface area contributed by atoms with Gasteiger partial charge < -0.3 is 13.9 Å². The number of aromatic nitrogens is 1. The summed E-state index contributed by atoms with van der Waals surface area (Å²) in [5.41, 5.74) is 2.34. The predicted octanol–water partition coefficient (Wildman–Crippen LogP) is 6.01. The van der Waals surface area contributed by atoms with Crippen molar-refractivity contribution in [1.29, 1.82) is 0 Å². The van der Waals surface area contributed by atoms with Crippen LogP contribution in [0.5, 0.6) is 11.5 Å². The number of fused-ring (bicyclic) bond motifs is 2. The van der Waals surface area contributed by atoms with Crippen LogP contribution in [-0.2, 0) is 0 Å². The van der Waals surface area contributed by atoms with Gasteiger partial charge in [-0.2, -0.15) is 0 Å². The van der Waals surface area contributed by atoms with Crippen LogP contribution < -0.4 is 19.8 Å². The Balaban J connectivity index is 1.73. The molecule has 2 aromatic carbocycles. The summed E-state index contributed by atoms with van der Waals surface area (Å²) in [5, 5.41) is 0.714. The molecule has 2 aromatic heterocycles. The van der Waals surface area contributed by atoms with E-state index in [0.717, 1.165) is 29.7 Å².